The molecule has 0 saturated carbocycles. The Kier molecular flexibility index (Phi) is 12.1. The summed E-state index contributed by atoms with van der Waals surface area (Å²) in [7, 11) is 0. The highest BCUT2D eigenvalue weighted by Gasteiger charge is 2.17. The molecule has 0 fully saturated rings. The average molecular weight is 255 g/mol. The van der Waals surface area contributed by atoms with Crippen molar-refractivity contribution < 1.29 is 0 Å². The fraction of sp³-hybridized carbons (Fsp3) is 1.00. The van der Waals surface area contributed by atoms with E-state index in [0.29, 0.717) is 0 Å². The molecular weight excluding hydrogens is 216 g/mol. The molecule has 0 saturated heterocycles. The van der Waals surface area contributed by atoms with E-state index in [1.54, 1.807) is 0 Å². The molecule has 0 aromatic rings. The van der Waals surface area contributed by atoms with E-state index in [9.17, 15) is 0 Å². The Balaban J connectivity index is 3.79. The molecule has 110 valence electrons. The zero-order valence-electron chi connectivity index (χ0n) is 13.8. The van der Waals surface area contributed by atoms with Gasteiger partial charge in [0, 0.05) is 0 Å². The van der Waals surface area contributed by atoms with Crippen LogP contribution in [-0.4, -0.2) is 0 Å². The molecule has 0 spiro atoms. The summed E-state index contributed by atoms with van der Waals surface area (Å²) in [5.41, 5.74) is 0. The van der Waals surface area contributed by atoms with E-state index >= 15 is 0 Å². The lowest BCUT2D eigenvalue weighted by atomic mass is 9.80. The second kappa shape index (κ2) is 12.1. The van der Waals surface area contributed by atoms with E-state index in [-0.39, 0.29) is 0 Å². The molecule has 18 heavy (non-hydrogen) atoms. The maximum atomic E-state index is 2.46. The molecule has 0 aromatic heterocycles. The molecule has 0 N–H and O–H groups in total. The lowest BCUT2D eigenvalue weighted by molar-refractivity contribution is 0.257. The van der Waals surface area contributed by atoms with Crippen LogP contribution in [0.25, 0.3) is 0 Å². The summed E-state index contributed by atoms with van der Waals surface area (Å²) >= 11 is 0. The monoisotopic (exact) mass is 254 g/mol. The lowest BCUT2D eigenvalue weighted by Gasteiger charge is -2.25. The minimum absolute atomic E-state index is 0.920. The van der Waals surface area contributed by atoms with Crippen LogP contribution < -0.4 is 0 Å². The van der Waals surface area contributed by atoms with Crippen LogP contribution >= 0.6 is 0 Å². The number of rotatable bonds is 12. The summed E-state index contributed by atoms with van der Waals surface area (Å²) in [6, 6.07) is 0. The summed E-state index contributed by atoms with van der Waals surface area (Å²) in [6.07, 6.45) is 14.3. The topological polar surface area (TPSA) is 0 Å². The SMILES string of the molecule is CCCCCCCCC(CC(C)CC)C(C)CC. The zero-order chi connectivity index (χ0) is 13.8. The standard InChI is InChI=1S/C18H38/c1-6-9-10-11-12-13-14-18(17(5)8-3)15-16(4)7-2/h16-18H,6-15H2,1-5H3. The molecule has 0 aliphatic carbocycles. The Hall–Kier alpha value is 0. The van der Waals surface area contributed by atoms with Crippen molar-refractivity contribution in [3.05, 3.63) is 0 Å². The van der Waals surface area contributed by atoms with Crippen LogP contribution in [0.1, 0.15) is 98.8 Å². The van der Waals surface area contributed by atoms with E-state index in [1.165, 1.54) is 64.2 Å². The van der Waals surface area contributed by atoms with E-state index in [4.69, 9.17) is 0 Å². The molecule has 0 bridgehead atoms. The second-order valence-electron chi connectivity index (χ2n) is 6.45. The van der Waals surface area contributed by atoms with Gasteiger partial charge in [-0.05, 0) is 24.2 Å². The van der Waals surface area contributed by atoms with Crippen LogP contribution in [-0.2, 0) is 0 Å². The quantitative estimate of drug-likeness (QED) is 0.335. The molecule has 0 nitrogen and oxygen atoms in total. The van der Waals surface area contributed by atoms with Crippen molar-refractivity contribution in [1.29, 1.82) is 0 Å². The molecule has 0 heteroatoms. The molecule has 0 aliphatic rings. The first-order valence-corrected chi connectivity index (χ1v) is 8.65. The predicted octanol–water partition coefficient (Wildman–Crippen LogP) is 6.84. The molecule has 3 atom stereocenters. The van der Waals surface area contributed by atoms with Crippen LogP contribution in [0.15, 0.2) is 0 Å². The summed E-state index contributed by atoms with van der Waals surface area (Å²) in [5.74, 6) is 2.83. The van der Waals surface area contributed by atoms with Crippen LogP contribution in [0.5, 0.6) is 0 Å². The van der Waals surface area contributed by atoms with Crippen molar-refractivity contribution in [3.63, 3.8) is 0 Å². The van der Waals surface area contributed by atoms with E-state index < -0.39 is 0 Å². The molecule has 0 rings (SSSR count). The van der Waals surface area contributed by atoms with Crippen LogP contribution in [0, 0.1) is 17.8 Å². The van der Waals surface area contributed by atoms with Gasteiger partial charge in [-0.3, -0.25) is 0 Å². The highest BCUT2D eigenvalue weighted by Crippen LogP contribution is 2.29. The Labute approximate surface area is 117 Å². The van der Waals surface area contributed by atoms with Gasteiger partial charge in [0.2, 0.25) is 0 Å². The van der Waals surface area contributed by atoms with Gasteiger partial charge in [0.25, 0.3) is 0 Å². The predicted molar refractivity (Wildman–Crippen MR) is 85.0 cm³/mol. The van der Waals surface area contributed by atoms with Crippen molar-refractivity contribution in [2.75, 3.05) is 0 Å². The van der Waals surface area contributed by atoms with E-state index in [1.807, 2.05) is 0 Å². The van der Waals surface area contributed by atoms with Crippen molar-refractivity contribution >= 4 is 0 Å². The zero-order valence-corrected chi connectivity index (χ0v) is 13.8. The average Bonchev–Trinajstić information content (AvgIpc) is 2.40. The molecule has 0 amide bonds. The summed E-state index contributed by atoms with van der Waals surface area (Å²) in [4.78, 5) is 0. The van der Waals surface area contributed by atoms with Gasteiger partial charge in [0.05, 0.1) is 0 Å². The lowest BCUT2D eigenvalue weighted by Crippen LogP contribution is -2.14. The number of unbranched alkanes of at least 4 members (excludes halogenated alkanes) is 5. The Morgan fingerprint density at radius 3 is 1.89 bits per heavy atom. The maximum Gasteiger partial charge on any atom is -0.0386 e. The van der Waals surface area contributed by atoms with Crippen LogP contribution in [0.3, 0.4) is 0 Å². The van der Waals surface area contributed by atoms with Gasteiger partial charge in [0.15, 0.2) is 0 Å². The van der Waals surface area contributed by atoms with Crippen molar-refractivity contribution in [1.82, 2.24) is 0 Å². The van der Waals surface area contributed by atoms with Crippen molar-refractivity contribution in [2.45, 2.75) is 98.8 Å². The normalized spacial score (nSPS) is 16.5. The first-order chi connectivity index (χ1) is 8.65. The molecular formula is C18H38. The minimum Gasteiger partial charge on any atom is -0.0654 e. The minimum atomic E-state index is 0.920. The van der Waals surface area contributed by atoms with Gasteiger partial charge >= 0.3 is 0 Å². The third-order valence-corrected chi connectivity index (χ3v) is 4.78. The summed E-state index contributed by atoms with van der Waals surface area (Å²) < 4.78 is 0. The fourth-order valence-corrected chi connectivity index (χ4v) is 2.84. The third-order valence-electron chi connectivity index (χ3n) is 4.78. The molecule has 0 aliphatic heterocycles. The van der Waals surface area contributed by atoms with Gasteiger partial charge in [-0.15, -0.1) is 0 Å². The Morgan fingerprint density at radius 1 is 0.722 bits per heavy atom. The van der Waals surface area contributed by atoms with Crippen LogP contribution in [0.4, 0.5) is 0 Å². The first kappa shape index (κ1) is 18.0. The maximum absolute atomic E-state index is 2.46. The summed E-state index contributed by atoms with van der Waals surface area (Å²) in [6.45, 7) is 11.9. The smallest absolute Gasteiger partial charge is 0.0386 e. The van der Waals surface area contributed by atoms with Gasteiger partial charge in [0.1, 0.15) is 0 Å². The summed E-state index contributed by atoms with van der Waals surface area (Å²) in [5, 5.41) is 0. The highest BCUT2D eigenvalue weighted by molar-refractivity contribution is 4.68. The Bertz CT molecular complexity index is 161. The fourth-order valence-electron chi connectivity index (χ4n) is 2.84. The molecule has 3 unspecified atom stereocenters. The van der Waals surface area contributed by atoms with Gasteiger partial charge < -0.3 is 0 Å². The second-order valence-corrected chi connectivity index (χ2v) is 6.45. The highest BCUT2D eigenvalue weighted by atomic mass is 14.2. The van der Waals surface area contributed by atoms with Gasteiger partial charge in [-0.25, -0.2) is 0 Å². The first-order valence-electron chi connectivity index (χ1n) is 8.65. The van der Waals surface area contributed by atoms with Crippen molar-refractivity contribution in [3.8, 4) is 0 Å². The number of hydrogen-bond acceptors (Lipinski definition) is 0. The van der Waals surface area contributed by atoms with Gasteiger partial charge in [-0.2, -0.15) is 0 Å². The third kappa shape index (κ3) is 9.00. The van der Waals surface area contributed by atoms with E-state index in [2.05, 4.69) is 34.6 Å². The molecule has 0 radical (unpaired) electrons. The number of hydrogen-bond donors (Lipinski definition) is 0. The molecule has 0 heterocycles. The van der Waals surface area contributed by atoms with E-state index in [0.717, 1.165) is 17.8 Å². The van der Waals surface area contributed by atoms with Crippen LogP contribution in [0.2, 0.25) is 0 Å². The van der Waals surface area contributed by atoms with Crippen molar-refractivity contribution in [2.24, 2.45) is 17.8 Å². The Morgan fingerprint density at radius 2 is 1.33 bits per heavy atom. The van der Waals surface area contributed by atoms with Gasteiger partial charge in [-0.1, -0.05) is 92.4 Å². The largest absolute Gasteiger partial charge is 0.0654 e. The molecule has 0 aromatic carbocycles.